The van der Waals surface area contributed by atoms with E-state index in [-0.39, 0.29) is 0 Å². The second-order valence-corrected chi connectivity index (χ2v) is 15.6. The molecule has 258 valence electrons. The number of hydrogen-bond donors (Lipinski definition) is 0. The third-order valence-corrected chi connectivity index (χ3v) is 12.4. The summed E-state index contributed by atoms with van der Waals surface area (Å²) in [5, 5.41) is 9.31. The fourth-order valence-corrected chi connectivity index (χ4v) is 9.35. The lowest BCUT2D eigenvalue weighted by Gasteiger charge is -2.26. The lowest BCUT2D eigenvalue weighted by molar-refractivity contribution is 1.28. The average molecular weight is 740 g/mol. The van der Waals surface area contributed by atoms with Crippen molar-refractivity contribution >= 4 is 92.7 Å². The van der Waals surface area contributed by atoms with E-state index >= 15 is 0 Å². The Morgan fingerprint density at radius 2 is 0.836 bits per heavy atom. The van der Waals surface area contributed by atoms with Gasteiger partial charge in [-0.1, -0.05) is 66.7 Å². The molecule has 0 saturated carbocycles. The van der Waals surface area contributed by atoms with Crippen molar-refractivity contribution in [3.05, 3.63) is 176 Å². The van der Waals surface area contributed by atoms with E-state index in [0.717, 1.165) is 58.9 Å². The number of anilines is 3. The Kier molecular flexibility index (Phi) is 7.46. The maximum Gasteiger partial charge on any atom is 0.170 e. The molecule has 0 radical (unpaired) electrons. The molecule has 7 heteroatoms. The summed E-state index contributed by atoms with van der Waals surface area (Å²) in [5.74, 6) is 0. The highest BCUT2D eigenvalue weighted by atomic mass is 32.1. The summed E-state index contributed by atoms with van der Waals surface area (Å²) in [6.07, 6.45) is 3.59. The molecule has 55 heavy (non-hydrogen) atoms. The van der Waals surface area contributed by atoms with Crippen LogP contribution in [0.15, 0.2) is 176 Å². The highest BCUT2D eigenvalue weighted by molar-refractivity contribution is 7.22. The van der Waals surface area contributed by atoms with Gasteiger partial charge in [-0.15, -0.1) is 22.7 Å². The maximum atomic E-state index is 4.81. The van der Waals surface area contributed by atoms with E-state index in [2.05, 4.69) is 167 Å². The highest BCUT2D eigenvalue weighted by Crippen LogP contribution is 2.41. The molecule has 0 amide bonds. The standard InChI is InChI=1S/C48H29N5S2/c1-2-6-33-27-34(10-9-30(33)5-1)35-17-23-41-36(28-35)11-12-37-29-40(22-24-42(37)41)53(38-18-13-31(14-19-38)47-51-45-43(54-47)7-3-25-49-45)39-20-15-32(16-21-39)48-52-46-44(55-48)8-4-26-50-46/h1-29H. The van der Waals surface area contributed by atoms with Gasteiger partial charge in [-0.2, -0.15) is 0 Å². The zero-order chi connectivity index (χ0) is 36.3. The molecule has 0 saturated heterocycles. The first-order chi connectivity index (χ1) is 27.2. The monoisotopic (exact) mass is 739 g/mol. The minimum absolute atomic E-state index is 0.783. The molecule has 0 aliphatic heterocycles. The van der Waals surface area contributed by atoms with Gasteiger partial charge in [-0.25, -0.2) is 19.9 Å². The Balaban J connectivity index is 0.984. The second-order valence-electron chi connectivity index (χ2n) is 13.6. The van der Waals surface area contributed by atoms with Crippen molar-refractivity contribution < 1.29 is 0 Å². The van der Waals surface area contributed by atoms with Crippen molar-refractivity contribution in [1.82, 2.24) is 19.9 Å². The van der Waals surface area contributed by atoms with Crippen molar-refractivity contribution in [1.29, 1.82) is 0 Å². The largest absolute Gasteiger partial charge is 0.310 e. The average Bonchev–Trinajstić information content (AvgIpc) is 3.89. The lowest BCUT2D eigenvalue weighted by Crippen LogP contribution is -2.09. The van der Waals surface area contributed by atoms with Crippen LogP contribution in [0, 0.1) is 0 Å². The summed E-state index contributed by atoms with van der Waals surface area (Å²) in [4.78, 5) is 20.8. The molecule has 0 aliphatic rings. The van der Waals surface area contributed by atoms with Crippen LogP contribution in [0.1, 0.15) is 0 Å². The highest BCUT2D eigenvalue weighted by Gasteiger charge is 2.17. The third kappa shape index (κ3) is 5.69. The van der Waals surface area contributed by atoms with Gasteiger partial charge >= 0.3 is 0 Å². The molecule has 7 aromatic carbocycles. The molecule has 4 aromatic heterocycles. The summed E-state index contributed by atoms with van der Waals surface area (Å²) in [7, 11) is 0. The zero-order valence-corrected chi connectivity index (χ0v) is 30.9. The fourth-order valence-electron chi connectivity index (χ4n) is 7.48. The Bertz CT molecular complexity index is 3040. The fraction of sp³-hybridized carbons (Fsp3) is 0. The van der Waals surface area contributed by atoms with Crippen LogP contribution in [-0.4, -0.2) is 19.9 Å². The van der Waals surface area contributed by atoms with Gasteiger partial charge in [0.2, 0.25) is 0 Å². The Morgan fingerprint density at radius 3 is 1.44 bits per heavy atom. The molecule has 0 fully saturated rings. The molecule has 0 atom stereocenters. The van der Waals surface area contributed by atoms with Crippen LogP contribution in [0.5, 0.6) is 0 Å². The van der Waals surface area contributed by atoms with Crippen molar-refractivity contribution in [2.24, 2.45) is 0 Å². The zero-order valence-electron chi connectivity index (χ0n) is 29.3. The Labute approximate surface area is 324 Å². The number of benzene rings is 7. The number of thiazole rings is 2. The van der Waals surface area contributed by atoms with Gasteiger partial charge in [-0.3, -0.25) is 0 Å². The van der Waals surface area contributed by atoms with Gasteiger partial charge in [0.15, 0.2) is 11.3 Å². The number of rotatable bonds is 6. The van der Waals surface area contributed by atoms with Gasteiger partial charge < -0.3 is 4.90 Å². The quantitative estimate of drug-likeness (QED) is 0.159. The molecular formula is C48H29N5S2. The van der Waals surface area contributed by atoms with Crippen molar-refractivity contribution in [2.45, 2.75) is 0 Å². The van der Waals surface area contributed by atoms with Crippen molar-refractivity contribution in [3.8, 4) is 32.3 Å². The van der Waals surface area contributed by atoms with E-state index in [0.29, 0.717) is 0 Å². The van der Waals surface area contributed by atoms with Gasteiger partial charge in [0.25, 0.3) is 0 Å². The molecule has 0 N–H and O–H groups in total. The topological polar surface area (TPSA) is 54.8 Å². The summed E-state index contributed by atoms with van der Waals surface area (Å²) in [6.45, 7) is 0. The van der Waals surface area contributed by atoms with Gasteiger partial charge in [-0.05, 0) is 141 Å². The number of aromatic nitrogens is 4. The minimum atomic E-state index is 0.783. The lowest BCUT2D eigenvalue weighted by atomic mass is 9.96. The van der Waals surface area contributed by atoms with Crippen LogP contribution in [-0.2, 0) is 0 Å². The molecule has 0 spiro atoms. The molecule has 4 heterocycles. The van der Waals surface area contributed by atoms with Crippen LogP contribution < -0.4 is 4.90 Å². The third-order valence-electron chi connectivity index (χ3n) is 10.2. The Hall–Kier alpha value is -6.80. The molecule has 0 bridgehead atoms. The maximum absolute atomic E-state index is 4.81. The predicted octanol–water partition coefficient (Wildman–Crippen LogP) is 13.6. The number of pyridine rings is 2. The summed E-state index contributed by atoms with van der Waals surface area (Å²) in [6, 6.07) is 58.8. The van der Waals surface area contributed by atoms with E-state index in [1.54, 1.807) is 35.1 Å². The van der Waals surface area contributed by atoms with Crippen LogP contribution >= 0.6 is 22.7 Å². The van der Waals surface area contributed by atoms with E-state index in [9.17, 15) is 0 Å². The van der Waals surface area contributed by atoms with Gasteiger partial charge in [0, 0.05) is 40.6 Å². The first kappa shape index (κ1) is 31.7. The van der Waals surface area contributed by atoms with Crippen molar-refractivity contribution in [3.63, 3.8) is 0 Å². The molecule has 11 aromatic rings. The number of hydrogen-bond acceptors (Lipinski definition) is 7. The molecule has 0 unspecified atom stereocenters. The van der Waals surface area contributed by atoms with E-state index in [1.165, 1.54) is 43.4 Å². The first-order valence-corrected chi connectivity index (χ1v) is 19.7. The number of fused-ring (bicyclic) bond motifs is 6. The molecule has 0 aliphatic carbocycles. The van der Waals surface area contributed by atoms with E-state index in [4.69, 9.17) is 9.97 Å². The summed E-state index contributed by atoms with van der Waals surface area (Å²) < 4.78 is 2.17. The van der Waals surface area contributed by atoms with Crippen LogP contribution in [0.4, 0.5) is 17.1 Å². The normalized spacial score (nSPS) is 11.6. The second kappa shape index (κ2) is 13.0. The minimum Gasteiger partial charge on any atom is -0.310 e. The van der Waals surface area contributed by atoms with E-state index in [1.807, 2.05) is 12.1 Å². The molecule has 11 rings (SSSR count). The van der Waals surface area contributed by atoms with Gasteiger partial charge in [0.05, 0.1) is 9.40 Å². The SMILES string of the molecule is c1ccc2cc(-c3ccc4c(ccc5cc(N(c6ccc(-c7nc8ncccc8s7)cc6)c6ccc(-c7nc8ncccc8s7)cc6)ccc54)c3)ccc2c1. The van der Waals surface area contributed by atoms with Crippen LogP contribution in [0.3, 0.4) is 0 Å². The number of nitrogens with zero attached hydrogens (tertiary/aromatic N) is 5. The first-order valence-electron chi connectivity index (χ1n) is 18.1. The molecular weight excluding hydrogens is 711 g/mol. The summed E-state index contributed by atoms with van der Waals surface area (Å²) >= 11 is 3.33. The van der Waals surface area contributed by atoms with Crippen molar-refractivity contribution in [2.75, 3.05) is 4.90 Å². The Morgan fingerprint density at radius 1 is 0.364 bits per heavy atom. The smallest absolute Gasteiger partial charge is 0.170 e. The molecule has 5 nitrogen and oxygen atoms in total. The van der Waals surface area contributed by atoms with Crippen LogP contribution in [0.2, 0.25) is 0 Å². The predicted molar refractivity (Wildman–Crippen MR) is 232 cm³/mol. The summed E-state index contributed by atoms with van der Waals surface area (Å²) in [5.41, 5.74) is 9.34. The van der Waals surface area contributed by atoms with Crippen LogP contribution in [0.25, 0.3) is 85.3 Å². The van der Waals surface area contributed by atoms with Gasteiger partial charge in [0.1, 0.15) is 10.0 Å². The van der Waals surface area contributed by atoms with E-state index < -0.39 is 0 Å².